The van der Waals surface area contributed by atoms with Crippen LogP contribution in [0.2, 0.25) is 0 Å². The molecule has 2 amide bonds. The first-order valence-corrected chi connectivity index (χ1v) is 13.2. The second-order valence-electron chi connectivity index (χ2n) is 9.54. The Morgan fingerprint density at radius 2 is 1.61 bits per heavy atom. The van der Waals surface area contributed by atoms with E-state index in [-0.39, 0.29) is 17.9 Å². The predicted octanol–water partition coefficient (Wildman–Crippen LogP) is 4.18. The molecule has 0 aromatic heterocycles. The number of hydrogen-bond donors (Lipinski definition) is 2. The van der Waals surface area contributed by atoms with Gasteiger partial charge in [0.15, 0.2) is 0 Å². The van der Waals surface area contributed by atoms with Gasteiger partial charge in [0.1, 0.15) is 5.75 Å². The second kappa shape index (κ2) is 12.0. The molecular formula is C30H34N4O4. The molecule has 2 aliphatic heterocycles. The first kappa shape index (κ1) is 25.6. The fourth-order valence-corrected chi connectivity index (χ4v) is 5.05. The van der Waals surface area contributed by atoms with Crippen molar-refractivity contribution in [2.24, 2.45) is 0 Å². The molecule has 8 nitrogen and oxygen atoms in total. The van der Waals surface area contributed by atoms with Crippen molar-refractivity contribution in [2.75, 3.05) is 61.6 Å². The number of rotatable bonds is 8. The minimum atomic E-state index is -0.213. The quantitative estimate of drug-likeness (QED) is 0.469. The third-order valence-corrected chi connectivity index (χ3v) is 7.10. The number of nitrogens with zero attached hydrogens (tertiary/aromatic N) is 2. The molecule has 5 rings (SSSR count). The van der Waals surface area contributed by atoms with Gasteiger partial charge < -0.3 is 29.9 Å². The number of para-hydroxylation sites is 2. The van der Waals surface area contributed by atoms with Gasteiger partial charge in [0.2, 0.25) is 0 Å². The molecule has 1 unspecified atom stereocenters. The van der Waals surface area contributed by atoms with Crippen LogP contribution in [-0.4, -0.2) is 64.4 Å². The van der Waals surface area contributed by atoms with Crippen LogP contribution in [0.4, 0.5) is 17.1 Å². The molecule has 3 aromatic carbocycles. The van der Waals surface area contributed by atoms with Gasteiger partial charge in [-0.05, 0) is 55.3 Å². The zero-order chi connectivity index (χ0) is 26.3. The van der Waals surface area contributed by atoms with Gasteiger partial charge in [0.05, 0.1) is 24.5 Å². The smallest absolute Gasteiger partial charge is 0.255 e. The maximum Gasteiger partial charge on any atom is 0.255 e. The second-order valence-corrected chi connectivity index (χ2v) is 9.54. The third-order valence-electron chi connectivity index (χ3n) is 7.10. The van der Waals surface area contributed by atoms with Gasteiger partial charge in [-0.25, -0.2) is 0 Å². The number of nitrogens with one attached hydrogen (secondary N) is 2. The van der Waals surface area contributed by atoms with E-state index < -0.39 is 0 Å². The number of amides is 2. The normalized spacial score (nSPS) is 17.2. The zero-order valence-electron chi connectivity index (χ0n) is 21.7. The fourth-order valence-electron chi connectivity index (χ4n) is 5.05. The Morgan fingerprint density at radius 3 is 2.32 bits per heavy atom. The number of carbonyl (C=O) groups excluding carboxylic acids is 2. The molecule has 0 radical (unpaired) electrons. The van der Waals surface area contributed by atoms with Crippen molar-refractivity contribution in [3.05, 3.63) is 83.9 Å². The molecule has 1 atom stereocenters. The van der Waals surface area contributed by atoms with Crippen molar-refractivity contribution in [1.82, 2.24) is 5.32 Å². The molecule has 2 fully saturated rings. The molecule has 8 heteroatoms. The number of methoxy groups -OCH3 is 1. The molecule has 198 valence electrons. The maximum atomic E-state index is 13.4. The fraction of sp³-hybridized carbons (Fsp3) is 0.333. The molecule has 0 spiro atoms. The summed E-state index contributed by atoms with van der Waals surface area (Å²) < 4.78 is 11.2. The molecule has 0 bridgehead atoms. The lowest BCUT2D eigenvalue weighted by Crippen LogP contribution is -2.47. The van der Waals surface area contributed by atoms with Gasteiger partial charge in [-0.15, -0.1) is 0 Å². The van der Waals surface area contributed by atoms with Crippen molar-refractivity contribution in [3.63, 3.8) is 0 Å². The first-order valence-electron chi connectivity index (χ1n) is 13.2. The zero-order valence-corrected chi connectivity index (χ0v) is 21.7. The third kappa shape index (κ3) is 5.92. The lowest BCUT2D eigenvalue weighted by Gasteiger charge is -2.38. The van der Waals surface area contributed by atoms with E-state index in [0.717, 1.165) is 62.8 Å². The van der Waals surface area contributed by atoms with Crippen molar-refractivity contribution in [1.29, 1.82) is 0 Å². The van der Waals surface area contributed by atoms with Crippen LogP contribution in [-0.2, 0) is 4.74 Å². The minimum absolute atomic E-state index is 0.0489. The van der Waals surface area contributed by atoms with E-state index in [1.807, 2.05) is 48.5 Å². The summed E-state index contributed by atoms with van der Waals surface area (Å²) in [5.74, 6) is 0.474. The highest BCUT2D eigenvalue weighted by molar-refractivity contribution is 6.06. The van der Waals surface area contributed by atoms with Crippen LogP contribution in [0.1, 0.15) is 33.6 Å². The maximum absolute atomic E-state index is 13.4. The topological polar surface area (TPSA) is 83.1 Å². The molecule has 2 heterocycles. The number of benzene rings is 3. The Bertz CT molecular complexity index is 1250. The number of carbonyl (C=O) groups is 2. The van der Waals surface area contributed by atoms with Gasteiger partial charge in [-0.3, -0.25) is 9.59 Å². The number of piperazine rings is 1. The van der Waals surface area contributed by atoms with Crippen LogP contribution in [0, 0.1) is 0 Å². The van der Waals surface area contributed by atoms with Gasteiger partial charge in [-0.2, -0.15) is 0 Å². The van der Waals surface area contributed by atoms with E-state index in [1.54, 1.807) is 25.3 Å². The Kier molecular flexibility index (Phi) is 8.09. The molecule has 2 saturated heterocycles. The molecule has 0 saturated carbocycles. The summed E-state index contributed by atoms with van der Waals surface area (Å²) in [6.07, 6.45) is 2.02. The molecule has 0 aliphatic carbocycles. The van der Waals surface area contributed by atoms with Crippen LogP contribution >= 0.6 is 0 Å². The van der Waals surface area contributed by atoms with E-state index >= 15 is 0 Å². The lowest BCUT2D eigenvalue weighted by atomic mass is 10.1. The Morgan fingerprint density at radius 1 is 0.895 bits per heavy atom. The molecule has 38 heavy (non-hydrogen) atoms. The molecule has 3 aromatic rings. The average molecular weight is 515 g/mol. The van der Waals surface area contributed by atoms with Crippen molar-refractivity contribution < 1.29 is 19.1 Å². The predicted molar refractivity (Wildman–Crippen MR) is 150 cm³/mol. The van der Waals surface area contributed by atoms with Gasteiger partial charge >= 0.3 is 0 Å². The lowest BCUT2D eigenvalue weighted by molar-refractivity contribution is 0.0858. The van der Waals surface area contributed by atoms with Crippen molar-refractivity contribution >= 4 is 28.9 Å². The Balaban J connectivity index is 1.34. The average Bonchev–Trinajstić information content (AvgIpc) is 3.50. The van der Waals surface area contributed by atoms with Crippen molar-refractivity contribution in [2.45, 2.75) is 18.9 Å². The van der Waals surface area contributed by atoms with E-state index in [1.165, 1.54) is 0 Å². The SMILES string of the molecule is COc1ccccc1N1CCN(c2ccc(NC(=O)c3ccccc3)cc2C(=O)NCC2CCCO2)CC1. The highest BCUT2D eigenvalue weighted by Gasteiger charge is 2.25. The van der Waals surface area contributed by atoms with Crippen LogP contribution in [0.3, 0.4) is 0 Å². The number of hydrogen-bond acceptors (Lipinski definition) is 6. The number of anilines is 3. The van der Waals surface area contributed by atoms with E-state index in [0.29, 0.717) is 23.4 Å². The van der Waals surface area contributed by atoms with Crippen LogP contribution in [0.25, 0.3) is 0 Å². The monoisotopic (exact) mass is 514 g/mol. The van der Waals surface area contributed by atoms with Crippen LogP contribution in [0.15, 0.2) is 72.8 Å². The minimum Gasteiger partial charge on any atom is -0.495 e. The summed E-state index contributed by atoms with van der Waals surface area (Å²) in [7, 11) is 1.69. The first-order chi connectivity index (χ1) is 18.6. The van der Waals surface area contributed by atoms with Gasteiger partial charge in [0.25, 0.3) is 11.8 Å². The highest BCUT2D eigenvalue weighted by Crippen LogP contribution is 2.31. The summed E-state index contributed by atoms with van der Waals surface area (Å²) in [6, 6.07) is 22.6. The summed E-state index contributed by atoms with van der Waals surface area (Å²) in [4.78, 5) is 30.7. The standard InChI is InChI=1S/C30H34N4O4/c1-37-28-12-6-5-11-27(28)34-17-15-33(16-18-34)26-14-13-23(32-29(35)22-8-3-2-4-9-22)20-25(26)30(36)31-21-24-10-7-19-38-24/h2-6,8-9,11-14,20,24H,7,10,15-19,21H2,1H3,(H,31,36)(H,32,35). The van der Waals surface area contributed by atoms with E-state index in [4.69, 9.17) is 9.47 Å². The summed E-state index contributed by atoms with van der Waals surface area (Å²) in [6.45, 7) is 4.30. The largest absolute Gasteiger partial charge is 0.495 e. The highest BCUT2D eigenvalue weighted by atomic mass is 16.5. The van der Waals surface area contributed by atoms with Crippen molar-refractivity contribution in [3.8, 4) is 5.75 Å². The Labute approximate surface area is 223 Å². The summed E-state index contributed by atoms with van der Waals surface area (Å²) in [5, 5.41) is 5.99. The summed E-state index contributed by atoms with van der Waals surface area (Å²) >= 11 is 0. The van der Waals surface area contributed by atoms with Gasteiger partial charge in [0, 0.05) is 56.3 Å². The molecular weight excluding hydrogens is 480 g/mol. The van der Waals surface area contributed by atoms with E-state index in [9.17, 15) is 9.59 Å². The molecule has 2 aliphatic rings. The Hall–Kier alpha value is -4.04. The van der Waals surface area contributed by atoms with Crippen LogP contribution in [0.5, 0.6) is 5.75 Å². The van der Waals surface area contributed by atoms with Crippen LogP contribution < -0.4 is 25.2 Å². The number of ether oxygens (including phenoxy) is 2. The van der Waals surface area contributed by atoms with Gasteiger partial charge in [-0.1, -0.05) is 30.3 Å². The molecule has 2 N–H and O–H groups in total. The van der Waals surface area contributed by atoms with E-state index in [2.05, 4.69) is 26.5 Å². The summed E-state index contributed by atoms with van der Waals surface area (Å²) in [5.41, 5.74) is 3.61.